The first-order chi connectivity index (χ1) is 10.6. The van der Waals surface area contributed by atoms with Crippen LogP contribution in [-0.2, 0) is 4.79 Å². The van der Waals surface area contributed by atoms with Crippen molar-refractivity contribution in [2.45, 2.75) is 37.1 Å². The van der Waals surface area contributed by atoms with Gasteiger partial charge < -0.3 is 15.2 Å². The fourth-order valence-corrected chi connectivity index (χ4v) is 3.42. The topological polar surface area (TPSA) is 90.2 Å². The van der Waals surface area contributed by atoms with Gasteiger partial charge >= 0.3 is 0 Å². The number of furan rings is 1. The Morgan fingerprint density at radius 2 is 2.14 bits per heavy atom. The van der Waals surface area contributed by atoms with Crippen LogP contribution >= 0.6 is 11.8 Å². The Balaban J connectivity index is 1.74. The first-order valence-electron chi connectivity index (χ1n) is 7.28. The molecular weight excluding hydrogens is 302 g/mol. The zero-order chi connectivity index (χ0) is 15.7. The molecule has 22 heavy (non-hydrogen) atoms. The molecule has 3 heterocycles. The molecule has 0 aliphatic carbocycles. The SMILES string of the molecule is Cc1occc1-c1nnc(SC(C)C(=O)N2CCCC2)n1N. The molecule has 2 aromatic rings. The van der Waals surface area contributed by atoms with Crippen LogP contribution in [0.15, 0.2) is 21.9 Å². The molecule has 1 saturated heterocycles. The van der Waals surface area contributed by atoms with E-state index in [4.69, 9.17) is 10.3 Å². The van der Waals surface area contributed by atoms with Crippen LogP contribution in [0.3, 0.4) is 0 Å². The molecule has 0 saturated carbocycles. The van der Waals surface area contributed by atoms with Gasteiger partial charge in [-0.1, -0.05) is 11.8 Å². The van der Waals surface area contributed by atoms with Crippen LogP contribution in [0.2, 0.25) is 0 Å². The number of amides is 1. The highest BCUT2D eigenvalue weighted by Crippen LogP contribution is 2.28. The van der Waals surface area contributed by atoms with Crippen LogP contribution in [0.1, 0.15) is 25.5 Å². The van der Waals surface area contributed by atoms with Gasteiger partial charge in [-0.2, -0.15) is 0 Å². The lowest BCUT2D eigenvalue weighted by atomic mass is 10.2. The van der Waals surface area contributed by atoms with Gasteiger partial charge in [0.05, 0.1) is 17.1 Å². The van der Waals surface area contributed by atoms with Crippen molar-refractivity contribution in [3.63, 3.8) is 0 Å². The molecule has 3 rings (SSSR count). The summed E-state index contributed by atoms with van der Waals surface area (Å²) in [5, 5.41) is 8.50. The van der Waals surface area contributed by atoms with Gasteiger partial charge in [-0.25, -0.2) is 4.68 Å². The number of rotatable bonds is 4. The summed E-state index contributed by atoms with van der Waals surface area (Å²) in [6.07, 6.45) is 3.76. The van der Waals surface area contributed by atoms with Crippen molar-refractivity contribution in [2.24, 2.45) is 0 Å². The predicted octanol–water partition coefficient (Wildman–Crippen LogP) is 1.66. The van der Waals surface area contributed by atoms with E-state index in [-0.39, 0.29) is 11.2 Å². The largest absolute Gasteiger partial charge is 0.469 e. The summed E-state index contributed by atoms with van der Waals surface area (Å²) in [5.41, 5.74) is 0.806. The lowest BCUT2D eigenvalue weighted by Crippen LogP contribution is -2.34. The number of aryl methyl sites for hydroxylation is 1. The molecule has 2 N–H and O–H groups in total. The Hall–Kier alpha value is -1.96. The van der Waals surface area contributed by atoms with E-state index in [1.807, 2.05) is 18.7 Å². The van der Waals surface area contributed by atoms with Gasteiger partial charge in [0.2, 0.25) is 11.1 Å². The number of nitrogens with two attached hydrogens (primary N) is 1. The van der Waals surface area contributed by atoms with Crippen molar-refractivity contribution in [1.29, 1.82) is 0 Å². The van der Waals surface area contributed by atoms with E-state index >= 15 is 0 Å². The maximum atomic E-state index is 12.3. The number of hydrogen-bond donors (Lipinski definition) is 1. The highest BCUT2D eigenvalue weighted by Gasteiger charge is 2.26. The molecule has 2 aromatic heterocycles. The average molecular weight is 321 g/mol. The molecule has 0 radical (unpaired) electrons. The summed E-state index contributed by atoms with van der Waals surface area (Å²) in [4.78, 5) is 14.2. The Bertz CT molecular complexity index is 675. The molecule has 118 valence electrons. The molecule has 1 amide bonds. The standard InChI is InChI=1S/C14H19N5O2S/c1-9-11(5-8-21-9)12-16-17-14(19(12)15)22-10(2)13(20)18-6-3-4-7-18/h5,8,10H,3-4,6-7,15H2,1-2H3. The highest BCUT2D eigenvalue weighted by molar-refractivity contribution is 8.00. The van der Waals surface area contributed by atoms with Crippen LogP contribution < -0.4 is 5.84 Å². The smallest absolute Gasteiger partial charge is 0.235 e. The molecule has 1 unspecified atom stereocenters. The van der Waals surface area contributed by atoms with Gasteiger partial charge in [-0.3, -0.25) is 4.79 Å². The van der Waals surface area contributed by atoms with Crippen molar-refractivity contribution >= 4 is 17.7 Å². The Morgan fingerprint density at radius 1 is 1.41 bits per heavy atom. The van der Waals surface area contributed by atoms with Crippen LogP contribution in [0.25, 0.3) is 11.4 Å². The Morgan fingerprint density at radius 3 is 2.77 bits per heavy atom. The summed E-state index contributed by atoms with van der Waals surface area (Å²) >= 11 is 1.33. The number of likely N-dealkylation sites (tertiary alicyclic amines) is 1. The van der Waals surface area contributed by atoms with Gasteiger partial charge in [0.15, 0.2) is 5.82 Å². The molecule has 1 aliphatic heterocycles. The normalized spacial score (nSPS) is 16.2. The van der Waals surface area contributed by atoms with Crippen LogP contribution in [-0.4, -0.2) is 44.0 Å². The van der Waals surface area contributed by atoms with Crippen molar-refractivity contribution in [3.8, 4) is 11.4 Å². The molecular formula is C14H19N5O2S. The zero-order valence-corrected chi connectivity index (χ0v) is 13.5. The van der Waals surface area contributed by atoms with Gasteiger partial charge in [0, 0.05) is 13.1 Å². The minimum absolute atomic E-state index is 0.131. The number of carbonyl (C=O) groups excluding carboxylic acids is 1. The number of carbonyl (C=O) groups is 1. The van der Waals surface area contributed by atoms with Gasteiger partial charge in [0.25, 0.3) is 0 Å². The van der Waals surface area contributed by atoms with E-state index in [0.29, 0.717) is 11.0 Å². The van der Waals surface area contributed by atoms with Gasteiger partial charge in [-0.15, -0.1) is 10.2 Å². The van der Waals surface area contributed by atoms with Crippen LogP contribution in [0, 0.1) is 6.92 Å². The number of nitrogens with zero attached hydrogens (tertiary/aromatic N) is 4. The van der Waals surface area contributed by atoms with Crippen molar-refractivity contribution in [1.82, 2.24) is 19.8 Å². The number of hydrogen-bond acceptors (Lipinski definition) is 6. The summed E-state index contributed by atoms with van der Waals surface area (Å²) in [5.74, 6) is 7.47. The van der Waals surface area contributed by atoms with E-state index in [1.54, 1.807) is 12.3 Å². The third-order valence-electron chi connectivity index (χ3n) is 3.81. The maximum Gasteiger partial charge on any atom is 0.235 e. The summed E-state index contributed by atoms with van der Waals surface area (Å²) < 4.78 is 6.68. The molecule has 1 fully saturated rings. The maximum absolute atomic E-state index is 12.3. The first-order valence-corrected chi connectivity index (χ1v) is 8.16. The van der Waals surface area contributed by atoms with E-state index in [0.717, 1.165) is 37.3 Å². The lowest BCUT2D eigenvalue weighted by molar-refractivity contribution is -0.129. The molecule has 8 heteroatoms. The van der Waals surface area contributed by atoms with Gasteiger partial charge in [-0.05, 0) is 32.8 Å². The second-order valence-corrected chi connectivity index (χ2v) is 6.67. The van der Waals surface area contributed by atoms with E-state index < -0.39 is 0 Å². The molecule has 0 bridgehead atoms. The summed E-state index contributed by atoms with van der Waals surface area (Å²) in [6, 6.07) is 1.80. The lowest BCUT2D eigenvalue weighted by Gasteiger charge is -2.19. The van der Waals surface area contributed by atoms with Crippen LogP contribution in [0.5, 0.6) is 0 Å². The molecule has 0 aromatic carbocycles. The molecule has 1 aliphatic rings. The second kappa shape index (κ2) is 6.04. The third kappa shape index (κ3) is 2.70. The van der Waals surface area contributed by atoms with Crippen molar-refractivity contribution in [2.75, 3.05) is 18.9 Å². The fraction of sp³-hybridized carbons (Fsp3) is 0.500. The van der Waals surface area contributed by atoms with E-state index in [9.17, 15) is 4.79 Å². The zero-order valence-electron chi connectivity index (χ0n) is 12.7. The predicted molar refractivity (Wildman–Crippen MR) is 83.7 cm³/mol. The molecule has 1 atom stereocenters. The quantitative estimate of drug-likeness (QED) is 0.680. The number of nitrogen functional groups attached to an aromatic ring is 1. The summed E-state index contributed by atoms with van der Waals surface area (Å²) in [7, 11) is 0. The fourth-order valence-electron chi connectivity index (χ4n) is 2.56. The Kier molecular flexibility index (Phi) is 4.10. The number of aromatic nitrogens is 3. The minimum atomic E-state index is -0.233. The van der Waals surface area contributed by atoms with Crippen molar-refractivity contribution < 1.29 is 9.21 Å². The highest BCUT2D eigenvalue weighted by atomic mass is 32.2. The van der Waals surface area contributed by atoms with Crippen molar-refractivity contribution in [3.05, 3.63) is 18.1 Å². The Labute approximate surface area is 132 Å². The van der Waals surface area contributed by atoms with E-state index in [1.165, 1.54) is 16.4 Å². The minimum Gasteiger partial charge on any atom is -0.469 e. The second-order valence-electron chi connectivity index (χ2n) is 5.36. The first kappa shape index (κ1) is 15.0. The molecule has 7 nitrogen and oxygen atoms in total. The number of thioether (sulfide) groups is 1. The monoisotopic (exact) mass is 321 g/mol. The average Bonchev–Trinajstić information content (AvgIpc) is 3.22. The van der Waals surface area contributed by atoms with Crippen LogP contribution in [0.4, 0.5) is 0 Å². The van der Waals surface area contributed by atoms with Gasteiger partial charge in [0.1, 0.15) is 5.76 Å². The van der Waals surface area contributed by atoms with E-state index in [2.05, 4.69) is 10.2 Å². The molecule has 0 spiro atoms. The third-order valence-corrected chi connectivity index (χ3v) is 4.86. The summed E-state index contributed by atoms with van der Waals surface area (Å²) in [6.45, 7) is 5.41.